The molecule has 1 rings (SSSR count). The normalized spacial score (nSPS) is 12.1. The maximum absolute atomic E-state index is 5.77. The molecule has 0 spiro atoms. The highest BCUT2D eigenvalue weighted by molar-refractivity contribution is 5.95. The lowest BCUT2D eigenvalue weighted by atomic mass is 10.2. The Labute approximate surface area is 84.3 Å². The maximum atomic E-state index is 5.77. The molecule has 0 saturated carbocycles. The molecule has 1 aromatic heterocycles. The smallest absolute Gasteiger partial charge is 0.144 e. The molecule has 0 aliphatic heterocycles. The van der Waals surface area contributed by atoms with Crippen molar-refractivity contribution in [1.82, 2.24) is 9.97 Å². The van der Waals surface area contributed by atoms with Crippen LogP contribution in [-0.4, -0.2) is 22.3 Å². The van der Waals surface area contributed by atoms with E-state index < -0.39 is 0 Å². The van der Waals surface area contributed by atoms with E-state index in [1.807, 2.05) is 6.92 Å². The molecule has 0 fully saturated rings. The third kappa shape index (κ3) is 3.12. The van der Waals surface area contributed by atoms with Gasteiger partial charge in [-0.15, -0.1) is 0 Å². The molecule has 14 heavy (non-hydrogen) atoms. The summed E-state index contributed by atoms with van der Waals surface area (Å²) >= 11 is 0. The van der Waals surface area contributed by atoms with Gasteiger partial charge in [0.25, 0.3) is 0 Å². The zero-order chi connectivity index (χ0) is 10.6. The SMILES string of the molecule is Cc1nccc(C(N)=NCC(C)C)n1. The first kappa shape index (κ1) is 10.6. The fourth-order valence-corrected chi connectivity index (χ4v) is 0.961. The number of aromatic nitrogens is 2. The van der Waals surface area contributed by atoms with Crippen molar-refractivity contribution in [2.75, 3.05) is 6.54 Å². The first-order valence-corrected chi connectivity index (χ1v) is 4.69. The van der Waals surface area contributed by atoms with Gasteiger partial charge < -0.3 is 5.73 Å². The molecule has 0 unspecified atom stereocenters. The van der Waals surface area contributed by atoms with Crippen LogP contribution in [0.15, 0.2) is 17.3 Å². The summed E-state index contributed by atoms with van der Waals surface area (Å²) in [5.41, 5.74) is 6.48. The van der Waals surface area contributed by atoms with Gasteiger partial charge in [-0.3, -0.25) is 4.99 Å². The highest BCUT2D eigenvalue weighted by Gasteiger charge is 2.00. The molecular formula is C10H16N4. The van der Waals surface area contributed by atoms with Crippen molar-refractivity contribution >= 4 is 5.84 Å². The Hall–Kier alpha value is -1.45. The topological polar surface area (TPSA) is 64.2 Å². The van der Waals surface area contributed by atoms with Crippen molar-refractivity contribution in [3.8, 4) is 0 Å². The summed E-state index contributed by atoms with van der Waals surface area (Å²) in [5, 5.41) is 0. The fourth-order valence-electron chi connectivity index (χ4n) is 0.961. The highest BCUT2D eigenvalue weighted by Crippen LogP contribution is 1.97. The van der Waals surface area contributed by atoms with Crippen LogP contribution >= 0.6 is 0 Å². The Morgan fingerprint density at radius 2 is 2.29 bits per heavy atom. The molecule has 1 aromatic rings. The maximum Gasteiger partial charge on any atom is 0.144 e. The molecule has 4 nitrogen and oxygen atoms in total. The van der Waals surface area contributed by atoms with Crippen LogP contribution < -0.4 is 5.73 Å². The summed E-state index contributed by atoms with van der Waals surface area (Å²) in [6.45, 7) is 6.76. The summed E-state index contributed by atoms with van der Waals surface area (Å²) < 4.78 is 0. The predicted octanol–water partition coefficient (Wildman–Crippen LogP) is 1.15. The molecule has 0 aliphatic carbocycles. The monoisotopic (exact) mass is 192 g/mol. The van der Waals surface area contributed by atoms with Gasteiger partial charge in [0.15, 0.2) is 0 Å². The van der Waals surface area contributed by atoms with E-state index in [-0.39, 0.29) is 0 Å². The molecule has 0 bridgehead atoms. The van der Waals surface area contributed by atoms with Crippen molar-refractivity contribution in [1.29, 1.82) is 0 Å². The van der Waals surface area contributed by atoms with Gasteiger partial charge in [0.2, 0.25) is 0 Å². The van der Waals surface area contributed by atoms with Crippen LogP contribution in [0.4, 0.5) is 0 Å². The Kier molecular flexibility index (Phi) is 3.56. The van der Waals surface area contributed by atoms with Crippen molar-refractivity contribution in [3.63, 3.8) is 0 Å². The van der Waals surface area contributed by atoms with Gasteiger partial charge in [0.05, 0.1) is 0 Å². The minimum atomic E-state index is 0.490. The first-order chi connectivity index (χ1) is 6.59. The number of aryl methyl sites for hydroxylation is 1. The summed E-state index contributed by atoms with van der Waals surface area (Å²) in [5.74, 6) is 1.71. The van der Waals surface area contributed by atoms with Crippen LogP contribution in [0.3, 0.4) is 0 Å². The van der Waals surface area contributed by atoms with Crippen molar-refractivity contribution in [3.05, 3.63) is 23.8 Å². The number of nitrogens with zero attached hydrogens (tertiary/aromatic N) is 3. The van der Waals surface area contributed by atoms with Gasteiger partial charge in [0, 0.05) is 12.7 Å². The Bertz CT molecular complexity index is 331. The lowest BCUT2D eigenvalue weighted by molar-refractivity contribution is 0.665. The Morgan fingerprint density at radius 3 is 2.86 bits per heavy atom. The van der Waals surface area contributed by atoms with Crippen molar-refractivity contribution in [2.45, 2.75) is 20.8 Å². The molecule has 0 aromatic carbocycles. The number of nitrogens with two attached hydrogens (primary N) is 1. The second-order valence-corrected chi connectivity index (χ2v) is 3.61. The Balaban J connectivity index is 2.78. The number of rotatable bonds is 3. The predicted molar refractivity (Wildman–Crippen MR) is 57.2 cm³/mol. The van der Waals surface area contributed by atoms with E-state index in [2.05, 4.69) is 28.8 Å². The molecule has 0 saturated heterocycles. The number of amidine groups is 1. The number of hydrogen-bond acceptors (Lipinski definition) is 3. The molecule has 76 valence electrons. The summed E-state index contributed by atoms with van der Waals surface area (Å²) in [4.78, 5) is 12.4. The average molecular weight is 192 g/mol. The first-order valence-electron chi connectivity index (χ1n) is 4.69. The van der Waals surface area contributed by atoms with Gasteiger partial charge in [-0.2, -0.15) is 0 Å². The van der Waals surface area contributed by atoms with Gasteiger partial charge in [-0.25, -0.2) is 9.97 Å². The van der Waals surface area contributed by atoms with Gasteiger partial charge >= 0.3 is 0 Å². The largest absolute Gasteiger partial charge is 0.382 e. The molecule has 4 heteroatoms. The average Bonchev–Trinajstić information content (AvgIpc) is 2.14. The molecular weight excluding hydrogens is 176 g/mol. The molecule has 0 radical (unpaired) electrons. The van der Waals surface area contributed by atoms with Crippen LogP contribution in [0.5, 0.6) is 0 Å². The summed E-state index contributed by atoms with van der Waals surface area (Å²) in [6.07, 6.45) is 1.69. The second-order valence-electron chi connectivity index (χ2n) is 3.61. The van der Waals surface area contributed by atoms with E-state index in [0.29, 0.717) is 23.3 Å². The van der Waals surface area contributed by atoms with Gasteiger partial charge in [0.1, 0.15) is 17.4 Å². The summed E-state index contributed by atoms with van der Waals surface area (Å²) in [7, 11) is 0. The summed E-state index contributed by atoms with van der Waals surface area (Å²) in [6, 6.07) is 1.77. The second kappa shape index (κ2) is 4.69. The lowest BCUT2D eigenvalue weighted by Crippen LogP contribution is -2.17. The van der Waals surface area contributed by atoms with Crippen LogP contribution in [0.25, 0.3) is 0 Å². The van der Waals surface area contributed by atoms with Crippen LogP contribution in [-0.2, 0) is 0 Å². The van der Waals surface area contributed by atoms with Gasteiger partial charge in [-0.1, -0.05) is 13.8 Å². The zero-order valence-corrected chi connectivity index (χ0v) is 8.86. The molecule has 0 aliphatic rings. The van der Waals surface area contributed by atoms with E-state index in [4.69, 9.17) is 5.73 Å². The van der Waals surface area contributed by atoms with Crippen LogP contribution in [0.1, 0.15) is 25.4 Å². The van der Waals surface area contributed by atoms with Crippen LogP contribution in [0, 0.1) is 12.8 Å². The van der Waals surface area contributed by atoms with E-state index in [1.165, 1.54) is 0 Å². The van der Waals surface area contributed by atoms with Gasteiger partial charge in [-0.05, 0) is 18.9 Å². The molecule has 1 heterocycles. The number of hydrogen-bond donors (Lipinski definition) is 1. The van der Waals surface area contributed by atoms with E-state index >= 15 is 0 Å². The molecule has 2 N–H and O–H groups in total. The van der Waals surface area contributed by atoms with E-state index in [0.717, 1.165) is 6.54 Å². The van der Waals surface area contributed by atoms with E-state index in [1.54, 1.807) is 12.3 Å². The number of aliphatic imine (C=N–C) groups is 1. The van der Waals surface area contributed by atoms with Crippen molar-refractivity contribution in [2.24, 2.45) is 16.6 Å². The van der Waals surface area contributed by atoms with Crippen molar-refractivity contribution < 1.29 is 0 Å². The third-order valence-corrected chi connectivity index (χ3v) is 1.67. The zero-order valence-electron chi connectivity index (χ0n) is 8.86. The minimum Gasteiger partial charge on any atom is -0.382 e. The fraction of sp³-hybridized carbons (Fsp3) is 0.500. The standard InChI is InChI=1S/C10H16N4/c1-7(2)6-13-10(11)9-4-5-12-8(3)14-9/h4-5,7H,6H2,1-3H3,(H2,11,13). The quantitative estimate of drug-likeness (QED) is 0.577. The lowest BCUT2D eigenvalue weighted by Gasteiger charge is -2.02. The van der Waals surface area contributed by atoms with E-state index in [9.17, 15) is 0 Å². The third-order valence-electron chi connectivity index (χ3n) is 1.67. The van der Waals surface area contributed by atoms with Crippen LogP contribution in [0.2, 0.25) is 0 Å². The molecule has 0 atom stereocenters. The Morgan fingerprint density at radius 1 is 1.57 bits per heavy atom. The molecule has 0 amide bonds. The minimum absolute atomic E-state index is 0.490. The highest BCUT2D eigenvalue weighted by atomic mass is 14.9.